The summed E-state index contributed by atoms with van der Waals surface area (Å²) in [6, 6.07) is 0. The number of rotatable bonds is 2. The average Bonchev–Trinajstić information content (AvgIpc) is 2.43. The maximum absolute atomic E-state index is 11.0. The molecule has 74 valence electrons. The summed E-state index contributed by atoms with van der Waals surface area (Å²) < 4.78 is 0. The predicted octanol–water partition coefficient (Wildman–Crippen LogP) is 0.788. The van der Waals surface area contributed by atoms with Crippen molar-refractivity contribution in [3.05, 3.63) is 34.5 Å². The molecule has 1 heterocycles. The van der Waals surface area contributed by atoms with Crippen LogP contribution in [0, 0.1) is 6.92 Å². The zero-order chi connectivity index (χ0) is 10.7. The molecule has 0 amide bonds. The van der Waals surface area contributed by atoms with Gasteiger partial charge >= 0.3 is 5.97 Å². The van der Waals surface area contributed by atoms with E-state index in [-0.39, 0.29) is 0 Å². The number of aromatic amines is 1. The van der Waals surface area contributed by atoms with E-state index >= 15 is 0 Å². The van der Waals surface area contributed by atoms with Crippen LogP contribution in [0.3, 0.4) is 0 Å². The summed E-state index contributed by atoms with van der Waals surface area (Å²) in [6.07, 6.45) is 5.12. The number of hydrogen-bond acceptors (Lipinski definition) is 1. The topological polar surface area (TPSA) is 53.1 Å². The van der Waals surface area contributed by atoms with Gasteiger partial charge in [0, 0.05) is 16.3 Å². The van der Waals surface area contributed by atoms with E-state index in [1.165, 1.54) is 0 Å². The molecule has 0 atom stereocenters. The van der Waals surface area contributed by atoms with Crippen molar-refractivity contribution < 1.29 is 9.90 Å². The minimum absolute atomic E-state index is 0.318. The van der Waals surface area contributed by atoms with Gasteiger partial charge in [0.05, 0.1) is 5.56 Å². The van der Waals surface area contributed by atoms with E-state index in [0.717, 1.165) is 5.35 Å². The van der Waals surface area contributed by atoms with E-state index in [1.807, 2.05) is 13.0 Å². The van der Waals surface area contributed by atoms with Gasteiger partial charge in [-0.1, -0.05) is 24.8 Å². The highest BCUT2D eigenvalue weighted by atomic mass is 16.4. The fourth-order valence-electron chi connectivity index (χ4n) is 1.46. The Balaban J connectivity index is 3.74. The third-order valence-electron chi connectivity index (χ3n) is 2.04. The zero-order valence-electron chi connectivity index (χ0n) is 8.29. The van der Waals surface area contributed by atoms with Crippen molar-refractivity contribution in [1.82, 2.24) is 4.98 Å². The molecule has 0 unspecified atom stereocenters. The summed E-state index contributed by atoms with van der Waals surface area (Å²) >= 11 is 0. The van der Waals surface area contributed by atoms with Gasteiger partial charge in [-0.2, -0.15) is 0 Å². The molecule has 0 saturated carbocycles. The Morgan fingerprint density at radius 2 is 2.21 bits per heavy atom. The lowest BCUT2D eigenvalue weighted by molar-refractivity contribution is 0.0695. The number of carboxylic acid groups (broad SMARTS) is 1. The Morgan fingerprint density at radius 1 is 1.57 bits per heavy atom. The number of H-pyrrole nitrogens is 1. The van der Waals surface area contributed by atoms with Gasteiger partial charge in [0.2, 0.25) is 0 Å². The third-order valence-corrected chi connectivity index (χ3v) is 2.04. The summed E-state index contributed by atoms with van der Waals surface area (Å²) in [6.45, 7) is 7.17. The second-order valence-corrected chi connectivity index (χ2v) is 2.95. The standard InChI is InChI=1S/C11H13NO2/c1-4-6-8-9(5-2)12-7(3)10(8)11(13)14/h4-6,12H,1H2,2-3H3,(H,13,14)/b8-6+,9-5+. The molecular formula is C11H13NO2. The summed E-state index contributed by atoms with van der Waals surface area (Å²) in [5, 5.41) is 10.5. The number of carboxylic acids is 1. The first-order chi connectivity index (χ1) is 6.61. The van der Waals surface area contributed by atoms with Crippen LogP contribution in [0.5, 0.6) is 0 Å². The number of aromatic nitrogens is 1. The molecule has 0 bridgehead atoms. The van der Waals surface area contributed by atoms with Gasteiger partial charge in [-0.25, -0.2) is 4.79 Å². The van der Waals surface area contributed by atoms with Gasteiger partial charge in [0.25, 0.3) is 0 Å². The zero-order valence-corrected chi connectivity index (χ0v) is 8.29. The number of nitrogens with one attached hydrogen (secondary N) is 1. The Hall–Kier alpha value is -1.77. The van der Waals surface area contributed by atoms with E-state index < -0.39 is 5.97 Å². The third kappa shape index (κ3) is 1.62. The summed E-state index contributed by atoms with van der Waals surface area (Å²) in [5.74, 6) is -0.917. The monoisotopic (exact) mass is 191 g/mol. The normalized spacial score (nSPS) is 13.3. The van der Waals surface area contributed by atoms with Crippen LogP contribution < -0.4 is 10.6 Å². The van der Waals surface area contributed by atoms with Gasteiger partial charge < -0.3 is 10.1 Å². The lowest BCUT2D eigenvalue weighted by Crippen LogP contribution is -2.26. The van der Waals surface area contributed by atoms with Gasteiger partial charge in [0.1, 0.15) is 0 Å². The number of allylic oxidation sites excluding steroid dienone is 1. The minimum Gasteiger partial charge on any atom is -0.478 e. The first-order valence-electron chi connectivity index (χ1n) is 4.32. The number of aryl methyl sites for hydroxylation is 1. The van der Waals surface area contributed by atoms with Crippen LogP contribution in [0.2, 0.25) is 0 Å². The molecule has 1 aromatic rings. The summed E-state index contributed by atoms with van der Waals surface area (Å²) in [4.78, 5) is 14.0. The van der Waals surface area contributed by atoms with E-state index in [2.05, 4.69) is 11.6 Å². The molecule has 0 aliphatic carbocycles. The molecular weight excluding hydrogens is 178 g/mol. The van der Waals surface area contributed by atoms with Crippen LogP contribution in [0.25, 0.3) is 12.2 Å². The Morgan fingerprint density at radius 3 is 2.64 bits per heavy atom. The molecule has 0 spiro atoms. The lowest BCUT2D eigenvalue weighted by Gasteiger charge is -1.89. The van der Waals surface area contributed by atoms with E-state index in [4.69, 9.17) is 5.11 Å². The van der Waals surface area contributed by atoms with Gasteiger partial charge in [-0.05, 0) is 13.8 Å². The highest BCUT2D eigenvalue weighted by molar-refractivity contribution is 5.89. The number of hydrogen-bond donors (Lipinski definition) is 2. The quantitative estimate of drug-likeness (QED) is 0.726. The summed E-state index contributed by atoms with van der Waals surface area (Å²) in [5.41, 5.74) is 0.983. The molecule has 3 nitrogen and oxygen atoms in total. The predicted molar refractivity (Wildman–Crippen MR) is 56.5 cm³/mol. The highest BCUT2D eigenvalue weighted by Crippen LogP contribution is 1.95. The van der Waals surface area contributed by atoms with Gasteiger partial charge in [0.15, 0.2) is 0 Å². The van der Waals surface area contributed by atoms with Crippen LogP contribution in [0.1, 0.15) is 23.0 Å². The molecule has 2 N–H and O–H groups in total. The van der Waals surface area contributed by atoms with E-state index in [1.54, 1.807) is 19.1 Å². The Kier molecular flexibility index (Phi) is 2.92. The average molecular weight is 191 g/mol. The first-order valence-corrected chi connectivity index (χ1v) is 4.32. The molecule has 0 fully saturated rings. The maximum atomic E-state index is 11.0. The molecule has 0 aromatic carbocycles. The molecule has 1 rings (SSSR count). The van der Waals surface area contributed by atoms with Crippen molar-refractivity contribution in [2.75, 3.05) is 0 Å². The van der Waals surface area contributed by atoms with Crippen molar-refractivity contribution in [2.24, 2.45) is 0 Å². The van der Waals surface area contributed by atoms with Crippen LogP contribution in [-0.4, -0.2) is 16.1 Å². The second-order valence-electron chi connectivity index (χ2n) is 2.95. The second kappa shape index (κ2) is 3.96. The largest absolute Gasteiger partial charge is 0.478 e. The van der Waals surface area contributed by atoms with Gasteiger partial charge in [-0.3, -0.25) is 0 Å². The number of aromatic carboxylic acids is 1. The van der Waals surface area contributed by atoms with E-state index in [9.17, 15) is 4.79 Å². The molecule has 1 aromatic heterocycles. The smallest absolute Gasteiger partial charge is 0.338 e. The lowest BCUT2D eigenvalue weighted by atomic mass is 10.2. The minimum atomic E-state index is -0.917. The number of carbonyl (C=O) groups is 1. The highest BCUT2D eigenvalue weighted by Gasteiger charge is 2.11. The fraction of sp³-hybridized carbons (Fsp3) is 0.182. The molecule has 0 aliphatic heterocycles. The molecule has 0 radical (unpaired) electrons. The van der Waals surface area contributed by atoms with E-state index in [0.29, 0.717) is 16.5 Å². The van der Waals surface area contributed by atoms with Crippen molar-refractivity contribution >= 4 is 18.1 Å². The fourth-order valence-corrected chi connectivity index (χ4v) is 1.46. The Bertz CT molecular complexity index is 480. The molecule has 3 heteroatoms. The van der Waals surface area contributed by atoms with Crippen LogP contribution >= 0.6 is 0 Å². The van der Waals surface area contributed by atoms with Crippen molar-refractivity contribution in [2.45, 2.75) is 13.8 Å². The maximum Gasteiger partial charge on any atom is 0.338 e. The van der Waals surface area contributed by atoms with Crippen molar-refractivity contribution in [1.29, 1.82) is 0 Å². The van der Waals surface area contributed by atoms with Crippen molar-refractivity contribution in [3.8, 4) is 0 Å². The van der Waals surface area contributed by atoms with Crippen LogP contribution in [0.4, 0.5) is 0 Å². The van der Waals surface area contributed by atoms with Gasteiger partial charge in [-0.15, -0.1) is 0 Å². The first kappa shape index (κ1) is 10.3. The van der Waals surface area contributed by atoms with Crippen LogP contribution in [0.15, 0.2) is 12.7 Å². The summed E-state index contributed by atoms with van der Waals surface area (Å²) in [7, 11) is 0. The van der Waals surface area contributed by atoms with Crippen LogP contribution in [-0.2, 0) is 0 Å². The Labute approximate surface area is 82.1 Å². The molecule has 0 saturated heterocycles. The molecule has 0 aliphatic rings. The molecule has 14 heavy (non-hydrogen) atoms. The van der Waals surface area contributed by atoms with Crippen molar-refractivity contribution in [3.63, 3.8) is 0 Å². The SMILES string of the molecule is C=C/C=c1/c(C(=O)O)c(C)[nH]/c1=C/C.